The maximum absolute atomic E-state index is 9.79. The summed E-state index contributed by atoms with van der Waals surface area (Å²) in [7, 11) is 1.60. The second-order valence-corrected chi connectivity index (χ2v) is 4.74. The van der Waals surface area contributed by atoms with E-state index in [1.54, 1.807) is 25.3 Å². The minimum Gasteiger partial charge on any atom is -0.508 e. The van der Waals surface area contributed by atoms with Gasteiger partial charge in [0.2, 0.25) is 0 Å². The van der Waals surface area contributed by atoms with E-state index in [1.807, 2.05) is 25.1 Å². The highest BCUT2D eigenvalue weighted by Crippen LogP contribution is 2.26. The van der Waals surface area contributed by atoms with Crippen molar-refractivity contribution in [3.8, 4) is 11.5 Å². The lowest BCUT2D eigenvalue weighted by Crippen LogP contribution is -2.01. The van der Waals surface area contributed by atoms with Gasteiger partial charge in [0, 0.05) is 12.1 Å². The quantitative estimate of drug-likeness (QED) is 0.888. The Balaban J connectivity index is 2.14. The molecule has 4 heteroatoms. The van der Waals surface area contributed by atoms with Gasteiger partial charge in [-0.05, 0) is 42.8 Å². The monoisotopic (exact) mass is 277 g/mol. The zero-order valence-electron chi connectivity index (χ0n) is 10.9. The number of aromatic hydroxyl groups is 1. The molecule has 0 unspecified atom stereocenters. The minimum absolute atomic E-state index is 0.233. The molecule has 0 aliphatic heterocycles. The van der Waals surface area contributed by atoms with Crippen LogP contribution in [0.15, 0.2) is 36.4 Å². The van der Waals surface area contributed by atoms with Gasteiger partial charge in [-0.25, -0.2) is 0 Å². The molecule has 2 aromatic carbocycles. The molecule has 2 N–H and O–H groups in total. The van der Waals surface area contributed by atoms with Crippen LogP contribution < -0.4 is 10.1 Å². The fourth-order valence-corrected chi connectivity index (χ4v) is 2.09. The number of rotatable bonds is 4. The Bertz CT molecular complexity index is 584. The Morgan fingerprint density at radius 3 is 2.68 bits per heavy atom. The van der Waals surface area contributed by atoms with E-state index in [-0.39, 0.29) is 5.75 Å². The molecule has 19 heavy (non-hydrogen) atoms. The first-order chi connectivity index (χ1) is 9.10. The van der Waals surface area contributed by atoms with Crippen molar-refractivity contribution in [1.82, 2.24) is 0 Å². The second-order valence-electron chi connectivity index (χ2n) is 4.33. The van der Waals surface area contributed by atoms with Crippen molar-refractivity contribution >= 4 is 17.3 Å². The molecule has 0 radical (unpaired) electrons. The van der Waals surface area contributed by atoms with Crippen LogP contribution in [0.5, 0.6) is 11.5 Å². The Hall–Kier alpha value is -1.87. The molecule has 0 aliphatic carbocycles. The fourth-order valence-electron chi connectivity index (χ4n) is 1.78. The Morgan fingerprint density at radius 2 is 2.00 bits per heavy atom. The van der Waals surface area contributed by atoms with Crippen LogP contribution in [0.3, 0.4) is 0 Å². The summed E-state index contributed by atoms with van der Waals surface area (Å²) >= 11 is 6.14. The lowest BCUT2D eigenvalue weighted by Gasteiger charge is -2.11. The van der Waals surface area contributed by atoms with Crippen molar-refractivity contribution in [2.24, 2.45) is 0 Å². The molecule has 2 aromatic rings. The van der Waals surface area contributed by atoms with Gasteiger partial charge >= 0.3 is 0 Å². The number of methoxy groups -OCH3 is 1. The highest BCUT2D eigenvalue weighted by molar-refractivity contribution is 6.33. The molecular weight excluding hydrogens is 262 g/mol. The van der Waals surface area contributed by atoms with Gasteiger partial charge in [0.25, 0.3) is 0 Å². The first-order valence-electron chi connectivity index (χ1n) is 5.96. The van der Waals surface area contributed by atoms with E-state index in [0.29, 0.717) is 17.3 Å². The third kappa shape index (κ3) is 3.32. The third-order valence-corrected chi connectivity index (χ3v) is 3.19. The average Bonchev–Trinajstić information content (AvgIpc) is 2.39. The highest BCUT2D eigenvalue weighted by atomic mass is 35.5. The number of nitrogens with one attached hydrogen (secondary N) is 1. The van der Waals surface area contributed by atoms with Crippen LogP contribution in [0.1, 0.15) is 11.1 Å². The summed E-state index contributed by atoms with van der Waals surface area (Å²) in [5.41, 5.74) is 2.71. The second kappa shape index (κ2) is 5.85. The molecule has 0 aliphatic rings. The number of anilines is 1. The number of phenols is 1. The maximum atomic E-state index is 9.79. The standard InChI is InChI=1S/C15H16ClNO2/c1-10-3-5-14(13(16)7-10)17-9-11-8-12(19-2)4-6-15(11)18/h3-8,17-18H,9H2,1-2H3. The minimum atomic E-state index is 0.233. The summed E-state index contributed by atoms with van der Waals surface area (Å²) in [4.78, 5) is 0. The largest absolute Gasteiger partial charge is 0.508 e. The van der Waals surface area contributed by atoms with E-state index < -0.39 is 0 Å². The molecule has 0 aromatic heterocycles. The molecule has 0 amide bonds. The molecule has 2 rings (SSSR count). The van der Waals surface area contributed by atoms with Crippen molar-refractivity contribution in [3.05, 3.63) is 52.5 Å². The number of phenolic OH excluding ortho intramolecular Hbond substituents is 1. The number of halogens is 1. The summed E-state index contributed by atoms with van der Waals surface area (Å²) in [6.45, 7) is 2.47. The van der Waals surface area contributed by atoms with E-state index in [2.05, 4.69) is 5.32 Å². The van der Waals surface area contributed by atoms with Crippen LogP contribution >= 0.6 is 11.6 Å². The third-order valence-electron chi connectivity index (χ3n) is 2.88. The van der Waals surface area contributed by atoms with Gasteiger partial charge in [-0.1, -0.05) is 17.7 Å². The molecule has 0 bridgehead atoms. The zero-order valence-corrected chi connectivity index (χ0v) is 11.7. The smallest absolute Gasteiger partial charge is 0.120 e. The number of aryl methyl sites for hydroxylation is 1. The maximum Gasteiger partial charge on any atom is 0.120 e. The van der Waals surface area contributed by atoms with Gasteiger partial charge in [0.1, 0.15) is 11.5 Å². The lowest BCUT2D eigenvalue weighted by atomic mass is 10.1. The van der Waals surface area contributed by atoms with Crippen LogP contribution in [-0.2, 0) is 6.54 Å². The lowest BCUT2D eigenvalue weighted by molar-refractivity contribution is 0.411. The first-order valence-corrected chi connectivity index (χ1v) is 6.34. The van der Waals surface area contributed by atoms with Gasteiger partial charge in [-0.15, -0.1) is 0 Å². The molecule has 0 spiro atoms. The molecule has 0 atom stereocenters. The summed E-state index contributed by atoms with van der Waals surface area (Å²) in [5.74, 6) is 0.945. The van der Waals surface area contributed by atoms with Crippen LogP contribution in [0, 0.1) is 6.92 Å². The summed E-state index contributed by atoms with van der Waals surface area (Å²) in [5, 5.41) is 13.7. The van der Waals surface area contributed by atoms with Gasteiger partial charge in [-0.2, -0.15) is 0 Å². The topological polar surface area (TPSA) is 41.5 Å². The molecule has 0 heterocycles. The number of benzene rings is 2. The van der Waals surface area contributed by atoms with Gasteiger partial charge < -0.3 is 15.2 Å². The predicted octanol–water partition coefficient (Wildman–Crippen LogP) is 3.97. The number of hydrogen-bond donors (Lipinski definition) is 2. The van der Waals surface area contributed by atoms with Crippen LogP contribution in [-0.4, -0.2) is 12.2 Å². The van der Waals surface area contributed by atoms with Gasteiger partial charge in [0.05, 0.1) is 17.8 Å². The van der Waals surface area contributed by atoms with E-state index >= 15 is 0 Å². The Labute approximate surface area is 117 Å². The van der Waals surface area contributed by atoms with Crippen molar-refractivity contribution in [1.29, 1.82) is 0 Å². The van der Waals surface area contributed by atoms with Crippen LogP contribution in [0.4, 0.5) is 5.69 Å². The van der Waals surface area contributed by atoms with Gasteiger partial charge in [0.15, 0.2) is 0 Å². The summed E-state index contributed by atoms with van der Waals surface area (Å²) < 4.78 is 5.14. The molecule has 100 valence electrons. The van der Waals surface area contributed by atoms with Crippen molar-refractivity contribution in [3.63, 3.8) is 0 Å². The zero-order chi connectivity index (χ0) is 13.8. The van der Waals surface area contributed by atoms with Crippen molar-refractivity contribution in [2.45, 2.75) is 13.5 Å². The Kier molecular flexibility index (Phi) is 4.17. The number of hydrogen-bond acceptors (Lipinski definition) is 3. The van der Waals surface area contributed by atoms with E-state index in [4.69, 9.17) is 16.3 Å². The van der Waals surface area contributed by atoms with E-state index in [0.717, 1.165) is 16.8 Å². The van der Waals surface area contributed by atoms with Crippen molar-refractivity contribution in [2.75, 3.05) is 12.4 Å². The number of ether oxygens (including phenoxy) is 1. The molecule has 0 fully saturated rings. The SMILES string of the molecule is COc1ccc(O)c(CNc2ccc(C)cc2Cl)c1. The predicted molar refractivity (Wildman–Crippen MR) is 78.2 cm³/mol. The molecule has 0 saturated heterocycles. The highest BCUT2D eigenvalue weighted by Gasteiger charge is 2.05. The van der Waals surface area contributed by atoms with Crippen molar-refractivity contribution < 1.29 is 9.84 Å². The van der Waals surface area contributed by atoms with Crippen LogP contribution in [0.2, 0.25) is 5.02 Å². The average molecular weight is 278 g/mol. The van der Waals surface area contributed by atoms with Crippen LogP contribution in [0.25, 0.3) is 0 Å². The summed E-state index contributed by atoms with van der Waals surface area (Å²) in [6, 6.07) is 10.9. The first kappa shape index (κ1) is 13.6. The van der Waals surface area contributed by atoms with E-state index in [1.165, 1.54) is 0 Å². The molecular formula is C15H16ClNO2. The summed E-state index contributed by atoms with van der Waals surface area (Å²) in [6.07, 6.45) is 0. The fraction of sp³-hybridized carbons (Fsp3) is 0.200. The molecule has 3 nitrogen and oxygen atoms in total. The van der Waals surface area contributed by atoms with Gasteiger partial charge in [-0.3, -0.25) is 0 Å². The molecule has 0 saturated carbocycles. The van der Waals surface area contributed by atoms with E-state index in [9.17, 15) is 5.11 Å². The normalized spacial score (nSPS) is 10.3. The Morgan fingerprint density at radius 1 is 1.21 bits per heavy atom.